The van der Waals surface area contributed by atoms with Crippen molar-refractivity contribution in [2.45, 2.75) is 19.4 Å². The fraction of sp³-hybridized carbons (Fsp3) is 0.467. The fourth-order valence-electron chi connectivity index (χ4n) is 1.42. The van der Waals surface area contributed by atoms with Gasteiger partial charge in [-0.25, -0.2) is 5.43 Å². The van der Waals surface area contributed by atoms with E-state index < -0.39 is 11.9 Å². The van der Waals surface area contributed by atoms with Gasteiger partial charge in [-0.2, -0.15) is 11.8 Å². The number of thioether (sulfide) groups is 1. The van der Waals surface area contributed by atoms with Crippen molar-refractivity contribution < 1.29 is 14.3 Å². The number of aryl methyl sites for hydroxylation is 1. The second-order valence-corrected chi connectivity index (χ2v) is 5.63. The summed E-state index contributed by atoms with van der Waals surface area (Å²) in [7, 11) is 1.63. The third kappa shape index (κ3) is 10.6. The summed E-state index contributed by atoms with van der Waals surface area (Å²) in [6.07, 6.45) is 2.64. The van der Waals surface area contributed by atoms with Crippen LogP contribution < -0.4 is 27.1 Å². The number of para-hydroxylation sites is 1. The van der Waals surface area contributed by atoms with Crippen molar-refractivity contribution in [1.29, 1.82) is 0 Å². The zero-order valence-electron chi connectivity index (χ0n) is 13.8. The van der Waals surface area contributed by atoms with Crippen LogP contribution in [0.15, 0.2) is 24.3 Å². The molecule has 1 rings (SSSR count). The van der Waals surface area contributed by atoms with E-state index in [2.05, 4.69) is 10.9 Å². The Kier molecular flexibility index (Phi) is 11.8. The number of benzene rings is 1. The van der Waals surface area contributed by atoms with Crippen LogP contribution >= 0.6 is 11.8 Å². The van der Waals surface area contributed by atoms with Crippen molar-refractivity contribution in [3.63, 3.8) is 0 Å². The zero-order valence-corrected chi connectivity index (χ0v) is 14.6. The van der Waals surface area contributed by atoms with Gasteiger partial charge in [0.25, 0.3) is 5.91 Å². The molecule has 1 aromatic rings. The average Bonchev–Trinajstić information content (AvgIpc) is 2.52. The molecule has 0 aliphatic rings. The number of hydrazine groups is 1. The lowest BCUT2D eigenvalue weighted by atomic mass is 10.2. The first-order valence-corrected chi connectivity index (χ1v) is 8.49. The molecular formula is C15H26N4O3S. The molecule has 0 aliphatic carbocycles. The smallest absolute Gasteiger partial charge is 0.271 e. The Morgan fingerprint density at radius 3 is 2.52 bits per heavy atom. The Labute approximate surface area is 141 Å². The Hall–Kier alpha value is -1.77. The molecule has 23 heavy (non-hydrogen) atoms. The highest BCUT2D eigenvalue weighted by atomic mass is 32.2. The molecule has 0 aromatic heterocycles. The SMILES string of the molecule is CNNC(=O)COc1ccccc1C.CSCCC(N)C(N)=O. The van der Waals surface area contributed by atoms with Gasteiger partial charge in [-0.15, -0.1) is 0 Å². The van der Waals surface area contributed by atoms with Crippen LogP contribution in [-0.2, 0) is 9.59 Å². The molecule has 2 amide bonds. The van der Waals surface area contributed by atoms with Crippen molar-refractivity contribution >= 4 is 23.6 Å². The van der Waals surface area contributed by atoms with Crippen molar-refractivity contribution in [2.24, 2.45) is 11.5 Å². The summed E-state index contributed by atoms with van der Waals surface area (Å²) in [5.41, 5.74) is 16.2. The quantitative estimate of drug-likeness (QED) is 0.500. The van der Waals surface area contributed by atoms with Gasteiger partial charge in [0.05, 0.1) is 6.04 Å². The number of carbonyl (C=O) groups is 2. The van der Waals surface area contributed by atoms with Gasteiger partial charge in [-0.3, -0.25) is 15.0 Å². The van der Waals surface area contributed by atoms with Gasteiger partial charge in [0.2, 0.25) is 5.91 Å². The van der Waals surface area contributed by atoms with Crippen molar-refractivity contribution in [2.75, 3.05) is 25.7 Å². The number of rotatable bonds is 8. The maximum Gasteiger partial charge on any atom is 0.271 e. The summed E-state index contributed by atoms with van der Waals surface area (Å²) >= 11 is 1.66. The zero-order chi connectivity index (χ0) is 17.7. The van der Waals surface area contributed by atoms with E-state index in [0.29, 0.717) is 6.42 Å². The molecule has 0 bridgehead atoms. The Morgan fingerprint density at radius 1 is 1.35 bits per heavy atom. The maximum atomic E-state index is 11.0. The minimum absolute atomic E-state index is 0.0195. The van der Waals surface area contributed by atoms with E-state index in [1.54, 1.807) is 18.8 Å². The first-order valence-electron chi connectivity index (χ1n) is 7.10. The maximum absolute atomic E-state index is 11.0. The van der Waals surface area contributed by atoms with Crippen LogP contribution in [0.25, 0.3) is 0 Å². The topological polar surface area (TPSA) is 119 Å². The Balaban J connectivity index is 0.000000468. The van der Waals surface area contributed by atoms with Crippen LogP contribution in [0, 0.1) is 6.92 Å². The molecule has 1 atom stereocenters. The number of nitrogens with two attached hydrogens (primary N) is 2. The van der Waals surface area contributed by atoms with Gasteiger partial charge in [-0.1, -0.05) is 18.2 Å². The van der Waals surface area contributed by atoms with Crippen molar-refractivity contribution in [1.82, 2.24) is 10.9 Å². The number of amides is 2. The van der Waals surface area contributed by atoms with E-state index in [4.69, 9.17) is 16.2 Å². The summed E-state index contributed by atoms with van der Waals surface area (Å²) in [5.74, 6) is 1.02. The van der Waals surface area contributed by atoms with Crippen molar-refractivity contribution in [3.05, 3.63) is 29.8 Å². The van der Waals surface area contributed by atoms with E-state index in [1.807, 2.05) is 37.4 Å². The van der Waals surface area contributed by atoms with E-state index in [1.165, 1.54) is 0 Å². The molecule has 1 aromatic carbocycles. The third-order valence-electron chi connectivity index (χ3n) is 2.72. The van der Waals surface area contributed by atoms with Crippen LogP contribution in [0.3, 0.4) is 0 Å². The molecule has 0 saturated heterocycles. The van der Waals surface area contributed by atoms with Crippen LogP contribution in [0.5, 0.6) is 5.75 Å². The molecular weight excluding hydrogens is 316 g/mol. The minimum atomic E-state index is -0.461. The second kappa shape index (κ2) is 12.7. The Morgan fingerprint density at radius 2 is 2.00 bits per heavy atom. The first-order chi connectivity index (χ1) is 10.9. The van der Waals surface area contributed by atoms with Gasteiger partial charge >= 0.3 is 0 Å². The molecule has 6 N–H and O–H groups in total. The van der Waals surface area contributed by atoms with Crippen LogP contribution in [0.4, 0.5) is 0 Å². The van der Waals surface area contributed by atoms with Gasteiger partial charge in [-0.05, 0) is 37.0 Å². The molecule has 0 fully saturated rings. The summed E-state index contributed by atoms with van der Waals surface area (Å²) in [6, 6.07) is 7.11. The van der Waals surface area contributed by atoms with E-state index >= 15 is 0 Å². The van der Waals surface area contributed by atoms with Gasteiger partial charge in [0.15, 0.2) is 6.61 Å². The Bertz CT molecular complexity index is 486. The lowest BCUT2D eigenvalue weighted by Gasteiger charge is -2.08. The lowest BCUT2D eigenvalue weighted by molar-refractivity contribution is -0.124. The number of ether oxygens (including phenoxy) is 1. The first kappa shape index (κ1) is 21.2. The van der Waals surface area contributed by atoms with E-state index in [0.717, 1.165) is 17.1 Å². The normalized spacial score (nSPS) is 11.0. The fourth-order valence-corrected chi connectivity index (χ4v) is 1.91. The molecule has 0 heterocycles. The summed E-state index contributed by atoms with van der Waals surface area (Å²) in [5, 5.41) is 0. The van der Waals surface area contributed by atoms with Crippen LogP contribution in [0.2, 0.25) is 0 Å². The third-order valence-corrected chi connectivity index (χ3v) is 3.36. The number of hydrogen-bond donors (Lipinski definition) is 4. The predicted octanol–water partition coefficient (Wildman–Crippen LogP) is 0.177. The molecule has 8 heteroatoms. The molecule has 0 spiro atoms. The number of hydrogen-bond acceptors (Lipinski definition) is 6. The summed E-state index contributed by atoms with van der Waals surface area (Å²) < 4.78 is 5.30. The molecule has 130 valence electrons. The molecule has 0 radical (unpaired) electrons. The molecule has 7 nitrogen and oxygen atoms in total. The van der Waals surface area contributed by atoms with E-state index in [-0.39, 0.29) is 12.5 Å². The highest BCUT2D eigenvalue weighted by Crippen LogP contribution is 2.15. The van der Waals surface area contributed by atoms with Gasteiger partial charge in [0.1, 0.15) is 5.75 Å². The monoisotopic (exact) mass is 342 g/mol. The minimum Gasteiger partial charge on any atom is -0.483 e. The van der Waals surface area contributed by atoms with Gasteiger partial charge < -0.3 is 16.2 Å². The van der Waals surface area contributed by atoms with Crippen LogP contribution in [-0.4, -0.2) is 43.5 Å². The number of nitrogens with one attached hydrogen (secondary N) is 2. The van der Waals surface area contributed by atoms with E-state index in [9.17, 15) is 9.59 Å². The van der Waals surface area contributed by atoms with Crippen LogP contribution in [0.1, 0.15) is 12.0 Å². The number of primary amides is 1. The summed E-state index contributed by atoms with van der Waals surface area (Å²) in [4.78, 5) is 21.3. The molecule has 0 saturated carbocycles. The predicted molar refractivity (Wildman–Crippen MR) is 94.0 cm³/mol. The number of carbonyl (C=O) groups excluding carboxylic acids is 2. The average molecular weight is 342 g/mol. The molecule has 1 unspecified atom stereocenters. The van der Waals surface area contributed by atoms with Crippen molar-refractivity contribution in [3.8, 4) is 5.75 Å². The highest BCUT2D eigenvalue weighted by Gasteiger charge is 2.06. The largest absolute Gasteiger partial charge is 0.483 e. The summed E-state index contributed by atoms with van der Waals surface area (Å²) in [6.45, 7) is 1.96. The standard InChI is InChI=1S/C10H14N2O2.C5H12N2OS/c1-8-5-3-4-6-9(8)14-7-10(13)12-11-2;1-9-3-2-4(6)5(7)8/h3-6,11H,7H2,1-2H3,(H,12,13);4H,2-3,6H2,1H3,(H2,7,8). The van der Waals surface area contributed by atoms with Gasteiger partial charge in [0, 0.05) is 7.05 Å². The highest BCUT2D eigenvalue weighted by molar-refractivity contribution is 7.98. The molecule has 0 aliphatic heterocycles. The lowest BCUT2D eigenvalue weighted by Crippen LogP contribution is -2.37. The second-order valence-electron chi connectivity index (χ2n) is 4.64.